The Hall–Kier alpha value is -2.69. The van der Waals surface area contributed by atoms with Crippen LogP contribution in [0.15, 0.2) is 54.6 Å². The molecule has 2 unspecified atom stereocenters. The van der Waals surface area contributed by atoms with E-state index in [4.69, 9.17) is 0 Å². The molecule has 4 nitrogen and oxygen atoms in total. The second-order valence-corrected chi connectivity index (χ2v) is 6.16. The Kier molecular flexibility index (Phi) is 6.69. The van der Waals surface area contributed by atoms with Crippen LogP contribution in [0.25, 0.3) is 0 Å². The number of carboxylic acid groups (broad SMARTS) is 1. The average Bonchev–Trinajstić information content (AvgIpc) is 2.59. The Morgan fingerprint density at radius 2 is 1.72 bits per heavy atom. The predicted molar refractivity (Wildman–Crippen MR) is 93.7 cm³/mol. The molecule has 2 aromatic carbocycles. The molecule has 0 spiro atoms. The van der Waals surface area contributed by atoms with Crippen LogP contribution in [0.5, 0.6) is 0 Å². The highest BCUT2D eigenvalue weighted by molar-refractivity contribution is 5.78. The number of hydrogen-bond donors (Lipinski definition) is 2. The number of benzene rings is 2. The van der Waals surface area contributed by atoms with E-state index < -0.39 is 11.9 Å². The molecule has 25 heavy (non-hydrogen) atoms. The standard InChI is InChI=1S/C20H22FNO3/c1-14(17-9-5-6-10-18(17)21)11-19(23)22-13-16(20(24)25)12-15-7-3-2-4-8-15/h2-10,14,16H,11-13H2,1H3,(H,22,23)(H,24,25). The Balaban J connectivity index is 1.88. The van der Waals surface area contributed by atoms with Crippen molar-refractivity contribution in [3.8, 4) is 0 Å². The molecule has 0 saturated heterocycles. The summed E-state index contributed by atoms with van der Waals surface area (Å²) >= 11 is 0. The van der Waals surface area contributed by atoms with Gasteiger partial charge in [-0.2, -0.15) is 0 Å². The van der Waals surface area contributed by atoms with E-state index in [0.29, 0.717) is 12.0 Å². The minimum Gasteiger partial charge on any atom is -0.481 e. The predicted octanol–water partition coefficient (Wildman–Crippen LogP) is 3.38. The van der Waals surface area contributed by atoms with Gasteiger partial charge < -0.3 is 10.4 Å². The summed E-state index contributed by atoms with van der Waals surface area (Å²) in [5, 5.41) is 12.0. The number of hydrogen-bond acceptors (Lipinski definition) is 2. The summed E-state index contributed by atoms with van der Waals surface area (Å²) in [5.74, 6) is -2.55. The molecule has 0 aliphatic rings. The first kappa shape index (κ1) is 18.6. The van der Waals surface area contributed by atoms with E-state index in [1.165, 1.54) is 6.07 Å². The maximum atomic E-state index is 13.7. The van der Waals surface area contributed by atoms with Gasteiger partial charge in [0.15, 0.2) is 0 Å². The first-order valence-electron chi connectivity index (χ1n) is 8.25. The zero-order chi connectivity index (χ0) is 18.2. The van der Waals surface area contributed by atoms with Crippen molar-refractivity contribution in [1.82, 2.24) is 5.32 Å². The van der Waals surface area contributed by atoms with E-state index in [9.17, 15) is 19.1 Å². The second-order valence-electron chi connectivity index (χ2n) is 6.16. The van der Waals surface area contributed by atoms with E-state index in [1.807, 2.05) is 30.3 Å². The number of nitrogens with one attached hydrogen (secondary N) is 1. The number of rotatable bonds is 8. The van der Waals surface area contributed by atoms with Gasteiger partial charge in [-0.15, -0.1) is 0 Å². The number of carboxylic acids is 1. The van der Waals surface area contributed by atoms with Crippen molar-refractivity contribution in [2.75, 3.05) is 6.54 Å². The molecule has 0 aliphatic heterocycles. The van der Waals surface area contributed by atoms with E-state index in [1.54, 1.807) is 25.1 Å². The van der Waals surface area contributed by atoms with Crippen molar-refractivity contribution >= 4 is 11.9 Å². The summed E-state index contributed by atoms with van der Waals surface area (Å²) in [6.45, 7) is 1.82. The lowest BCUT2D eigenvalue weighted by molar-refractivity contribution is -0.141. The van der Waals surface area contributed by atoms with Crippen LogP contribution < -0.4 is 5.32 Å². The van der Waals surface area contributed by atoms with Crippen molar-refractivity contribution in [2.45, 2.75) is 25.7 Å². The first-order chi connectivity index (χ1) is 12.0. The van der Waals surface area contributed by atoms with Crippen LogP contribution in [-0.2, 0) is 16.0 Å². The minimum absolute atomic E-state index is 0.0487. The Labute approximate surface area is 146 Å². The Morgan fingerprint density at radius 1 is 1.08 bits per heavy atom. The highest BCUT2D eigenvalue weighted by Gasteiger charge is 2.20. The molecule has 0 bridgehead atoms. The number of carbonyl (C=O) groups is 2. The summed E-state index contributed by atoms with van der Waals surface area (Å²) in [5.41, 5.74) is 1.39. The molecule has 132 valence electrons. The summed E-state index contributed by atoms with van der Waals surface area (Å²) in [7, 11) is 0. The molecule has 0 heterocycles. The van der Waals surface area contributed by atoms with Crippen molar-refractivity contribution in [3.63, 3.8) is 0 Å². The van der Waals surface area contributed by atoms with Crippen molar-refractivity contribution < 1.29 is 19.1 Å². The zero-order valence-corrected chi connectivity index (χ0v) is 14.1. The summed E-state index contributed by atoms with van der Waals surface area (Å²) < 4.78 is 13.7. The van der Waals surface area contributed by atoms with E-state index in [2.05, 4.69) is 5.32 Å². The second kappa shape index (κ2) is 8.97. The molecule has 0 fully saturated rings. The lowest BCUT2D eigenvalue weighted by atomic mass is 9.96. The van der Waals surface area contributed by atoms with Crippen molar-refractivity contribution in [3.05, 3.63) is 71.5 Å². The SMILES string of the molecule is CC(CC(=O)NCC(Cc1ccccc1)C(=O)O)c1ccccc1F. The van der Waals surface area contributed by atoms with Gasteiger partial charge in [0.1, 0.15) is 5.82 Å². The molecular weight excluding hydrogens is 321 g/mol. The summed E-state index contributed by atoms with van der Waals surface area (Å²) in [6.07, 6.45) is 0.456. The van der Waals surface area contributed by atoms with Crippen LogP contribution in [0.1, 0.15) is 30.4 Å². The highest BCUT2D eigenvalue weighted by atomic mass is 19.1. The third kappa shape index (κ3) is 5.71. The maximum absolute atomic E-state index is 13.7. The van der Waals surface area contributed by atoms with E-state index >= 15 is 0 Å². The van der Waals surface area contributed by atoms with Gasteiger partial charge in [-0.3, -0.25) is 9.59 Å². The molecular formula is C20H22FNO3. The fraction of sp³-hybridized carbons (Fsp3) is 0.300. The molecule has 2 rings (SSSR count). The third-order valence-corrected chi connectivity index (χ3v) is 4.15. The van der Waals surface area contributed by atoms with Gasteiger partial charge in [0.05, 0.1) is 5.92 Å². The topological polar surface area (TPSA) is 66.4 Å². The van der Waals surface area contributed by atoms with Gasteiger partial charge in [-0.1, -0.05) is 55.5 Å². The molecule has 0 saturated carbocycles. The molecule has 0 radical (unpaired) electrons. The summed E-state index contributed by atoms with van der Waals surface area (Å²) in [6, 6.07) is 15.6. The minimum atomic E-state index is -0.952. The quantitative estimate of drug-likeness (QED) is 0.772. The van der Waals surface area contributed by atoms with Gasteiger partial charge in [0, 0.05) is 13.0 Å². The van der Waals surface area contributed by atoms with Crippen LogP contribution in [0.4, 0.5) is 4.39 Å². The molecule has 2 aromatic rings. The Morgan fingerprint density at radius 3 is 2.36 bits per heavy atom. The molecule has 5 heteroatoms. The largest absolute Gasteiger partial charge is 0.481 e. The fourth-order valence-corrected chi connectivity index (χ4v) is 2.72. The Bertz CT molecular complexity index is 718. The van der Waals surface area contributed by atoms with Gasteiger partial charge in [-0.25, -0.2) is 4.39 Å². The third-order valence-electron chi connectivity index (χ3n) is 4.15. The van der Waals surface area contributed by atoms with Gasteiger partial charge in [0.25, 0.3) is 0 Å². The summed E-state index contributed by atoms with van der Waals surface area (Å²) in [4.78, 5) is 23.5. The molecule has 0 aromatic heterocycles. The molecule has 2 atom stereocenters. The van der Waals surface area contributed by atoms with Gasteiger partial charge in [0.2, 0.25) is 5.91 Å². The van der Waals surface area contributed by atoms with Crippen LogP contribution in [0, 0.1) is 11.7 Å². The molecule has 0 aliphatic carbocycles. The lowest BCUT2D eigenvalue weighted by Gasteiger charge is -2.16. The fourth-order valence-electron chi connectivity index (χ4n) is 2.72. The number of halogens is 1. The highest BCUT2D eigenvalue weighted by Crippen LogP contribution is 2.21. The van der Waals surface area contributed by atoms with Crippen LogP contribution >= 0.6 is 0 Å². The maximum Gasteiger partial charge on any atom is 0.308 e. The van der Waals surface area contributed by atoms with E-state index in [-0.39, 0.29) is 30.6 Å². The number of carbonyl (C=O) groups excluding carboxylic acids is 1. The van der Waals surface area contributed by atoms with Crippen molar-refractivity contribution in [1.29, 1.82) is 0 Å². The first-order valence-corrected chi connectivity index (χ1v) is 8.25. The van der Waals surface area contributed by atoms with Crippen molar-refractivity contribution in [2.24, 2.45) is 5.92 Å². The normalized spacial score (nSPS) is 13.0. The smallest absolute Gasteiger partial charge is 0.308 e. The van der Waals surface area contributed by atoms with Gasteiger partial charge in [-0.05, 0) is 29.5 Å². The van der Waals surface area contributed by atoms with Crippen LogP contribution in [0.3, 0.4) is 0 Å². The van der Waals surface area contributed by atoms with Crippen LogP contribution in [0.2, 0.25) is 0 Å². The molecule has 1 amide bonds. The lowest BCUT2D eigenvalue weighted by Crippen LogP contribution is -2.34. The zero-order valence-electron chi connectivity index (χ0n) is 14.1. The molecule has 2 N–H and O–H groups in total. The van der Waals surface area contributed by atoms with Crippen LogP contribution in [-0.4, -0.2) is 23.5 Å². The monoisotopic (exact) mass is 343 g/mol. The van der Waals surface area contributed by atoms with E-state index in [0.717, 1.165) is 5.56 Å². The number of amides is 1. The average molecular weight is 343 g/mol. The number of aliphatic carboxylic acids is 1. The van der Waals surface area contributed by atoms with Gasteiger partial charge >= 0.3 is 5.97 Å².